The molecule has 2 aromatic carbocycles. The van der Waals surface area contributed by atoms with Crippen molar-refractivity contribution in [3.05, 3.63) is 58.3 Å². The summed E-state index contributed by atoms with van der Waals surface area (Å²) in [6.07, 6.45) is -1.09. The molecule has 0 aliphatic carbocycles. The van der Waals surface area contributed by atoms with E-state index in [2.05, 4.69) is 21.2 Å². The predicted octanol–water partition coefficient (Wildman–Crippen LogP) is 3.78. The molecule has 0 aromatic heterocycles. The van der Waals surface area contributed by atoms with Gasteiger partial charge in [0.25, 0.3) is 5.91 Å². The van der Waals surface area contributed by atoms with Gasteiger partial charge in [-0.15, -0.1) is 0 Å². The van der Waals surface area contributed by atoms with E-state index in [1.54, 1.807) is 24.3 Å². The number of esters is 1. The summed E-state index contributed by atoms with van der Waals surface area (Å²) in [4.78, 5) is 24.1. The Morgan fingerprint density at radius 2 is 1.96 bits per heavy atom. The molecule has 0 bridgehead atoms. The van der Waals surface area contributed by atoms with E-state index in [1.165, 1.54) is 32.2 Å². The summed E-state index contributed by atoms with van der Waals surface area (Å²) in [6, 6.07) is 10.6. The molecular formula is C17H15BrFNO4. The average molecular weight is 396 g/mol. The Bertz CT molecular complexity index is 766. The van der Waals surface area contributed by atoms with Gasteiger partial charge >= 0.3 is 5.97 Å². The molecule has 7 heteroatoms. The number of hydrogen-bond donors (Lipinski definition) is 1. The monoisotopic (exact) mass is 395 g/mol. The fourth-order valence-electron chi connectivity index (χ4n) is 1.86. The quantitative estimate of drug-likeness (QED) is 0.782. The third kappa shape index (κ3) is 4.55. The Hall–Kier alpha value is -2.41. The minimum absolute atomic E-state index is 0.00693. The summed E-state index contributed by atoms with van der Waals surface area (Å²) < 4.78 is 24.4. The lowest BCUT2D eigenvalue weighted by Gasteiger charge is -2.14. The zero-order valence-electron chi connectivity index (χ0n) is 13.0. The number of halogens is 2. The van der Waals surface area contributed by atoms with Crippen molar-refractivity contribution in [2.75, 3.05) is 12.4 Å². The van der Waals surface area contributed by atoms with Crippen molar-refractivity contribution in [2.45, 2.75) is 13.0 Å². The van der Waals surface area contributed by atoms with E-state index < -0.39 is 23.8 Å². The van der Waals surface area contributed by atoms with Gasteiger partial charge in [0.15, 0.2) is 6.10 Å². The van der Waals surface area contributed by atoms with Crippen LogP contribution in [0.1, 0.15) is 17.3 Å². The first-order valence-corrected chi connectivity index (χ1v) is 7.81. The molecule has 1 atom stereocenters. The number of benzene rings is 2. The van der Waals surface area contributed by atoms with Gasteiger partial charge in [-0.2, -0.15) is 0 Å². The van der Waals surface area contributed by atoms with Crippen molar-refractivity contribution in [2.24, 2.45) is 0 Å². The fraction of sp³-hybridized carbons (Fsp3) is 0.176. The van der Waals surface area contributed by atoms with E-state index in [0.717, 1.165) is 0 Å². The minimum atomic E-state index is -1.09. The SMILES string of the molecule is COc1cccc(C(=O)OC(C)C(=O)Nc2ccc(Br)cc2F)c1. The molecule has 0 radical (unpaired) electrons. The van der Waals surface area contributed by atoms with Gasteiger partial charge in [0.1, 0.15) is 11.6 Å². The summed E-state index contributed by atoms with van der Waals surface area (Å²) in [5.74, 6) is -1.40. The van der Waals surface area contributed by atoms with Crippen molar-refractivity contribution in [1.29, 1.82) is 0 Å². The second-order valence-electron chi connectivity index (χ2n) is 4.89. The van der Waals surface area contributed by atoms with Crippen molar-refractivity contribution in [3.8, 4) is 5.75 Å². The zero-order chi connectivity index (χ0) is 17.7. The normalized spacial score (nSPS) is 11.5. The number of rotatable bonds is 5. The van der Waals surface area contributed by atoms with Crippen LogP contribution in [-0.2, 0) is 9.53 Å². The van der Waals surface area contributed by atoms with E-state index in [-0.39, 0.29) is 11.3 Å². The van der Waals surface area contributed by atoms with E-state index in [0.29, 0.717) is 10.2 Å². The molecule has 2 aromatic rings. The van der Waals surface area contributed by atoms with Crippen LogP contribution in [0.25, 0.3) is 0 Å². The van der Waals surface area contributed by atoms with Gasteiger partial charge in [0, 0.05) is 4.47 Å². The third-order valence-electron chi connectivity index (χ3n) is 3.15. The fourth-order valence-corrected chi connectivity index (χ4v) is 2.19. The molecule has 1 amide bonds. The average Bonchev–Trinajstić information content (AvgIpc) is 2.57. The summed E-state index contributed by atoms with van der Waals surface area (Å²) in [6.45, 7) is 1.41. The van der Waals surface area contributed by atoms with Crippen LogP contribution in [0, 0.1) is 5.82 Å². The van der Waals surface area contributed by atoms with Crippen molar-refractivity contribution in [3.63, 3.8) is 0 Å². The number of carbonyl (C=O) groups excluding carboxylic acids is 2. The third-order valence-corrected chi connectivity index (χ3v) is 3.64. The molecule has 0 aliphatic heterocycles. The maximum absolute atomic E-state index is 13.7. The van der Waals surface area contributed by atoms with E-state index in [4.69, 9.17) is 9.47 Å². The number of hydrogen-bond acceptors (Lipinski definition) is 4. The Morgan fingerprint density at radius 1 is 1.21 bits per heavy atom. The van der Waals surface area contributed by atoms with Gasteiger partial charge in [-0.05, 0) is 43.3 Å². The molecule has 0 saturated heterocycles. The molecule has 0 heterocycles. The molecule has 0 aliphatic rings. The molecule has 126 valence electrons. The number of amides is 1. The molecule has 0 fully saturated rings. The molecule has 0 spiro atoms. The highest BCUT2D eigenvalue weighted by atomic mass is 79.9. The highest BCUT2D eigenvalue weighted by Crippen LogP contribution is 2.20. The number of anilines is 1. The van der Waals surface area contributed by atoms with Gasteiger partial charge in [-0.25, -0.2) is 9.18 Å². The van der Waals surface area contributed by atoms with Crippen LogP contribution in [0.5, 0.6) is 5.75 Å². The molecule has 2 rings (SSSR count). The number of carbonyl (C=O) groups is 2. The maximum atomic E-state index is 13.7. The molecular weight excluding hydrogens is 381 g/mol. The lowest BCUT2D eigenvalue weighted by Crippen LogP contribution is -2.30. The van der Waals surface area contributed by atoms with Crippen molar-refractivity contribution in [1.82, 2.24) is 0 Å². The van der Waals surface area contributed by atoms with Crippen LogP contribution >= 0.6 is 15.9 Å². The molecule has 1 N–H and O–H groups in total. The van der Waals surface area contributed by atoms with Crippen LogP contribution in [0.15, 0.2) is 46.9 Å². The smallest absolute Gasteiger partial charge is 0.339 e. The van der Waals surface area contributed by atoms with Crippen LogP contribution < -0.4 is 10.1 Å². The first kappa shape index (κ1) is 17.9. The second kappa shape index (κ2) is 7.92. The Morgan fingerprint density at radius 3 is 2.62 bits per heavy atom. The highest BCUT2D eigenvalue weighted by molar-refractivity contribution is 9.10. The molecule has 1 unspecified atom stereocenters. The highest BCUT2D eigenvalue weighted by Gasteiger charge is 2.20. The van der Waals surface area contributed by atoms with Gasteiger partial charge in [0.05, 0.1) is 18.4 Å². The first-order chi connectivity index (χ1) is 11.4. The topological polar surface area (TPSA) is 64.6 Å². The van der Waals surface area contributed by atoms with Crippen LogP contribution in [-0.4, -0.2) is 25.1 Å². The predicted molar refractivity (Wildman–Crippen MR) is 90.6 cm³/mol. The van der Waals surface area contributed by atoms with Gasteiger partial charge in [-0.1, -0.05) is 22.0 Å². The Balaban J connectivity index is 2.01. The molecule has 5 nitrogen and oxygen atoms in total. The first-order valence-electron chi connectivity index (χ1n) is 7.01. The van der Waals surface area contributed by atoms with E-state index in [1.807, 2.05) is 0 Å². The van der Waals surface area contributed by atoms with Gasteiger partial charge in [0.2, 0.25) is 0 Å². The maximum Gasteiger partial charge on any atom is 0.339 e. The number of methoxy groups -OCH3 is 1. The largest absolute Gasteiger partial charge is 0.497 e. The van der Waals surface area contributed by atoms with E-state index in [9.17, 15) is 14.0 Å². The number of ether oxygens (including phenoxy) is 2. The number of nitrogens with one attached hydrogen (secondary N) is 1. The standard InChI is InChI=1S/C17H15BrFNO4/c1-10(16(21)20-15-7-6-12(18)9-14(15)19)24-17(22)11-4-3-5-13(8-11)23-2/h3-10H,1-2H3,(H,20,21). The summed E-state index contributed by atoms with van der Waals surface area (Å²) >= 11 is 3.13. The molecule has 0 saturated carbocycles. The van der Waals surface area contributed by atoms with Crippen LogP contribution in [0.2, 0.25) is 0 Å². The lowest BCUT2D eigenvalue weighted by molar-refractivity contribution is -0.123. The van der Waals surface area contributed by atoms with Crippen molar-refractivity contribution >= 4 is 33.5 Å². The summed E-state index contributed by atoms with van der Waals surface area (Å²) in [7, 11) is 1.48. The lowest BCUT2D eigenvalue weighted by atomic mass is 10.2. The van der Waals surface area contributed by atoms with Crippen LogP contribution in [0.4, 0.5) is 10.1 Å². The van der Waals surface area contributed by atoms with Gasteiger partial charge in [-0.3, -0.25) is 4.79 Å². The van der Waals surface area contributed by atoms with Crippen LogP contribution in [0.3, 0.4) is 0 Å². The van der Waals surface area contributed by atoms with Crippen molar-refractivity contribution < 1.29 is 23.5 Å². The minimum Gasteiger partial charge on any atom is -0.497 e. The second-order valence-corrected chi connectivity index (χ2v) is 5.81. The Labute approximate surface area is 146 Å². The molecule has 24 heavy (non-hydrogen) atoms. The Kier molecular flexibility index (Phi) is 5.92. The summed E-state index contributed by atoms with van der Waals surface area (Å²) in [5, 5.41) is 2.38. The zero-order valence-corrected chi connectivity index (χ0v) is 14.6. The van der Waals surface area contributed by atoms with Gasteiger partial charge < -0.3 is 14.8 Å². The summed E-state index contributed by atoms with van der Waals surface area (Å²) in [5.41, 5.74) is 0.260. The van der Waals surface area contributed by atoms with E-state index >= 15 is 0 Å².